The molecular formula is C16H29NO3. The molecule has 0 aromatic heterocycles. The molecule has 1 fully saturated rings. The average Bonchev–Trinajstić information content (AvgIpc) is 3.21. The number of carboxylic acids is 1. The molecule has 0 spiro atoms. The van der Waals surface area contributed by atoms with Gasteiger partial charge in [-0.05, 0) is 26.2 Å². The summed E-state index contributed by atoms with van der Waals surface area (Å²) in [6.07, 6.45) is 10.4. The van der Waals surface area contributed by atoms with Crippen molar-refractivity contribution in [3.05, 3.63) is 0 Å². The smallest absolute Gasteiger partial charge is 0.318 e. The lowest BCUT2D eigenvalue weighted by Crippen LogP contribution is -2.45. The van der Waals surface area contributed by atoms with Crippen molar-refractivity contribution in [3.63, 3.8) is 0 Å². The lowest BCUT2D eigenvalue weighted by molar-refractivity contribution is -0.155. The van der Waals surface area contributed by atoms with Crippen molar-refractivity contribution < 1.29 is 14.7 Å². The van der Waals surface area contributed by atoms with Crippen molar-refractivity contribution >= 4 is 11.9 Å². The van der Waals surface area contributed by atoms with Gasteiger partial charge in [-0.2, -0.15) is 0 Å². The molecule has 1 unspecified atom stereocenters. The summed E-state index contributed by atoms with van der Waals surface area (Å²) in [6, 6.07) is 0.218. The molecular weight excluding hydrogens is 254 g/mol. The average molecular weight is 283 g/mol. The van der Waals surface area contributed by atoms with Crippen LogP contribution in [0.3, 0.4) is 0 Å². The van der Waals surface area contributed by atoms with Gasteiger partial charge in [0.05, 0.1) is 0 Å². The normalized spacial score (nSPS) is 17.5. The Hall–Kier alpha value is -1.06. The summed E-state index contributed by atoms with van der Waals surface area (Å²) < 4.78 is 0. The zero-order valence-electron chi connectivity index (χ0n) is 12.9. The molecule has 0 saturated heterocycles. The number of amides is 1. The van der Waals surface area contributed by atoms with Gasteiger partial charge in [0, 0.05) is 6.04 Å². The summed E-state index contributed by atoms with van der Waals surface area (Å²) in [5, 5.41) is 12.2. The van der Waals surface area contributed by atoms with E-state index in [1.165, 1.54) is 25.7 Å². The van der Waals surface area contributed by atoms with Crippen molar-refractivity contribution in [1.82, 2.24) is 5.32 Å². The molecule has 1 rings (SSSR count). The highest BCUT2D eigenvalue weighted by molar-refractivity contribution is 6.01. The van der Waals surface area contributed by atoms with Crippen LogP contribution in [-0.4, -0.2) is 23.0 Å². The first-order valence-electron chi connectivity index (χ1n) is 8.05. The summed E-state index contributed by atoms with van der Waals surface area (Å²) in [5.74, 6) is -1.31. The van der Waals surface area contributed by atoms with Crippen LogP contribution in [0, 0.1) is 5.41 Å². The third-order valence-corrected chi connectivity index (χ3v) is 4.17. The number of hydrogen-bond donors (Lipinski definition) is 2. The van der Waals surface area contributed by atoms with Gasteiger partial charge in [0.25, 0.3) is 0 Å². The zero-order valence-corrected chi connectivity index (χ0v) is 12.9. The molecule has 1 amide bonds. The third kappa shape index (κ3) is 5.51. The maximum atomic E-state index is 12.1. The van der Waals surface area contributed by atoms with Crippen LogP contribution in [0.25, 0.3) is 0 Å². The van der Waals surface area contributed by atoms with E-state index in [2.05, 4.69) is 12.2 Å². The Kier molecular flexibility index (Phi) is 7.03. The monoisotopic (exact) mass is 283 g/mol. The largest absolute Gasteiger partial charge is 0.480 e. The number of hydrogen-bond acceptors (Lipinski definition) is 2. The van der Waals surface area contributed by atoms with Gasteiger partial charge in [-0.3, -0.25) is 9.59 Å². The second-order valence-electron chi connectivity index (χ2n) is 6.26. The highest BCUT2D eigenvalue weighted by atomic mass is 16.4. The molecule has 0 aromatic rings. The van der Waals surface area contributed by atoms with Crippen LogP contribution < -0.4 is 5.32 Å². The van der Waals surface area contributed by atoms with Crippen molar-refractivity contribution in [2.24, 2.45) is 5.41 Å². The quantitative estimate of drug-likeness (QED) is 0.450. The van der Waals surface area contributed by atoms with E-state index in [1.807, 2.05) is 0 Å². The third-order valence-electron chi connectivity index (χ3n) is 4.17. The molecule has 1 saturated carbocycles. The van der Waals surface area contributed by atoms with E-state index in [1.54, 1.807) is 6.92 Å². The molecule has 1 aliphatic rings. The topological polar surface area (TPSA) is 66.4 Å². The first kappa shape index (κ1) is 17.0. The molecule has 20 heavy (non-hydrogen) atoms. The van der Waals surface area contributed by atoms with Crippen molar-refractivity contribution in [2.45, 2.75) is 84.1 Å². The number of carbonyl (C=O) groups excluding carboxylic acids is 1. The van der Waals surface area contributed by atoms with Crippen molar-refractivity contribution in [1.29, 1.82) is 0 Å². The Balaban J connectivity index is 2.27. The first-order valence-corrected chi connectivity index (χ1v) is 8.05. The lowest BCUT2D eigenvalue weighted by atomic mass is 9.83. The minimum Gasteiger partial charge on any atom is -0.480 e. The Bertz CT molecular complexity index is 326. The maximum Gasteiger partial charge on any atom is 0.318 e. The molecule has 1 aliphatic carbocycles. The fourth-order valence-electron chi connectivity index (χ4n) is 2.33. The molecule has 0 aliphatic heterocycles. The van der Waals surface area contributed by atoms with Crippen molar-refractivity contribution in [2.75, 3.05) is 0 Å². The van der Waals surface area contributed by atoms with E-state index < -0.39 is 11.4 Å². The lowest BCUT2D eigenvalue weighted by Gasteiger charge is -2.23. The fraction of sp³-hybridized carbons (Fsp3) is 0.875. The number of carboxylic acid groups (broad SMARTS) is 1. The number of carbonyl (C=O) groups is 2. The molecule has 4 heteroatoms. The second kappa shape index (κ2) is 8.28. The SMILES string of the molecule is CCCCCCCCCC(C)(C(=O)O)C(=O)NC1CC1. The zero-order chi connectivity index (χ0) is 15.0. The van der Waals surface area contributed by atoms with Gasteiger partial charge in [-0.15, -0.1) is 0 Å². The maximum absolute atomic E-state index is 12.1. The Labute approximate surface area is 122 Å². The molecule has 2 N–H and O–H groups in total. The molecule has 0 heterocycles. The van der Waals surface area contributed by atoms with Gasteiger partial charge in [-0.1, -0.05) is 51.9 Å². The van der Waals surface area contributed by atoms with Gasteiger partial charge in [0.15, 0.2) is 0 Å². The molecule has 0 bridgehead atoms. The van der Waals surface area contributed by atoms with Gasteiger partial charge >= 0.3 is 5.97 Å². The Morgan fingerprint density at radius 1 is 1.10 bits per heavy atom. The van der Waals surface area contributed by atoms with E-state index in [9.17, 15) is 14.7 Å². The van der Waals surface area contributed by atoms with E-state index in [0.717, 1.165) is 32.1 Å². The summed E-state index contributed by atoms with van der Waals surface area (Å²) in [7, 11) is 0. The number of unbranched alkanes of at least 4 members (excludes halogenated alkanes) is 6. The minimum absolute atomic E-state index is 0.218. The molecule has 0 radical (unpaired) electrons. The minimum atomic E-state index is -1.26. The molecule has 116 valence electrons. The van der Waals surface area contributed by atoms with E-state index in [4.69, 9.17) is 0 Å². The summed E-state index contributed by atoms with van der Waals surface area (Å²) in [4.78, 5) is 23.5. The van der Waals surface area contributed by atoms with Crippen LogP contribution in [0.1, 0.15) is 78.1 Å². The van der Waals surface area contributed by atoms with Gasteiger partial charge < -0.3 is 10.4 Å². The van der Waals surface area contributed by atoms with Crippen molar-refractivity contribution in [3.8, 4) is 0 Å². The molecule has 0 aromatic carbocycles. The fourth-order valence-corrected chi connectivity index (χ4v) is 2.33. The van der Waals surface area contributed by atoms with Crippen LogP contribution in [0.5, 0.6) is 0 Å². The summed E-state index contributed by atoms with van der Waals surface area (Å²) >= 11 is 0. The molecule has 1 atom stereocenters. The standard InChI is InChI=1S/C16H29NO3/c1-3-4-5-6-7-8-9-12-16(2,15(19)20)14(18)17-13-10-11-13/h13H,3-12H2,1-2H3,(H,17,18)(H,19,20). The van der Waals surface area contributed by atoms with Crippen LogP contribution in [-0.2, 0) is 9.59 Å². The van der Waals surface area contributed by atoms with Gasteiger partial charge in [-0.25, -0.2) is 0 Å². The van der Waals surface area contributed by atoms with Crippen LogP contribution in [0.2, 0.25) is 0 Å². The van der Waals surface area contributed by atoms with E-state index in [-0.39, 0.29) is 11.9 Å². The van der Waals surface area contributed by atoms with Crippen LogP contribution >= 0.6 is 0 Å². The number of aliphatic carboxylic acids is 1. The van der Waals surface area contributed by atoms with Gasteiger partial charge in [0.2, 0.25) is 5.91 Å². The Morgan fingerprint density at radius 2 is 1.65 bits per heavy atom. The highest BCUT2D eigenvalue weighted by Crippen LogP contribution is 2.28. The predicted octanol–water partition coefficient (Wildman–Crippen LogP) is 3.50. The number of nitrogens with one attached hydrogen (secondary N) is 1. The molecule has 4 nitrogen and oxygen atoms in total. The summed E-state index contributed by atoms with van der Waals surface area (Å²) in [6.45, 7) is 3.75. The summed E-state index contributed by atoms with van der Waals surface area (Å²) in [5.41, 5.74) is -1.26. The van der Waals surface area contributed by atoms with Crippen LogP contribution in [0.15, 0.2) is 0 Å². The van der Waals surface area contributed by atoms with E-state index in [0.29, 0.717) is 6.42 Å². The predicted molar refractivity (Wildman–Crippen MR) is 79.5 cm³/mol. The Morgan fingerprint density at radius 3 is 2.15 bits per heavy atom. The highest BCUT2D eigenvalue weighted by Gasteiger charge is 2.42. The first-order chi connectivity index (χ1) is 9.50. The number of rotatable bonds is 11. The second-order valence-corrected chi connectivity index (χ2v) is 6.26. The van der Waals surface area contributed by atoms with E-state index >= 15 is 0 Å². The van der Waals surface area contributed by atoms with Gasteiger partial charge in [0.1, 0.15) is 5.41 Å². The van der Waals surface area contributed by atoms with Crippen LogP contribution in [0.4, 0.5) is 0 Å².